The van der Waals surface area contributed by atoms with Crippen LogP contribution < -0.4 is 5.32 Å². The number of benzene rings is 1. The van der Waals surface area contributed by atoms with Gasteiger partial charge in [-0.25, -0.2) is 4.98 Å². The summed E-state index contributed by atoms with van der Waals surface area (Å²) in [6, 6.07) is 12.4. The van der Waals surface area contributed by atoms with Crippen molar-refractivity contribution in [2.24, 2.45) is 0 Å². The molecule has 1 aliphatic carbocycles. The second-order valence-corrected chi connectivity index (χ2v) is 7.74. The van der Waals surface area contributed by atoms with Gasteiger partial charge in [0.15, 0.2) is 0 Å². The van der Waals surface area contributed by atoms with Crippen molar-refractivity contribution >= 4 is 28.6 Å². The van der Waals surface area contributed by atoms with Crippen molar-refractivity contribution in [3.63, 3.8) is 0 Å². The normalized spacial score (nSPS) is 16.8. The maximum absolute atomic E-state index is 12.4. The van der Waals surface area contributed by atoms with E-state index in [2.05, 4.69) is 29.4 Å². The average molecular weight is 353 g/mol. The lowest BCUT2D eigenvalue weighted by Gasteiger charge is -2.26. The Kier molecular flexibility index (Phi) is 5.60. The lowest BCUT2D eigenvalue weighted by Crippen LogP contribution is -2.47. The van der Waals surface area contributed by atoms with Crippen molar-refractivity contribution in [1.82, 2.24) is 10.3 Å². The Bertz CT molecular complexity index is 804. The van der Waals surface area contributed by atoms with Gasteiger partial charge in [0.05, 0.1) is 22.4 Å². The van der Waals surface area contributed by atoms with E-state index in [4.69, 9.17) is 0 Å². The van der Waals surface area contributed by atoms with Crippen molar-refractivity contribution < 1.29 is 4.79 Å². The van der Waals surface area contributed by atoms with Crippen molar-refractivity contribution in [2.45, 2.75) is 56.0 Å². The molecule has 130 valence electrons. The summed E-state index contributed by atoms with van der Waals surface area (Å²) in [5, 5.41) is 14.5. The molecule has 0 unspecified atom stereocenters. The number of rotatable bonds is 4. The highest BCUT2D eigenvalue weighted by Gasteiger charge is 2.32. The third-order valence-corrected chi connectivity index (χ3v) is 5.71. The molecule has 5 heteroatoms. The fourth-order valence-corrected chi connectivity index (χ4v) is 4.21. The van der Waals surface area contributed by atoms with Crippen LogP contribution in [-0.4, -0.2) is 22.2 Å². The summed E-state index contributed by atoms with van der Waals surface area (Å²) >= 11 is 1.43. The summed E-state index contributed by atoms with van der Waals surface area (Å²) in [6.07, 6.45) is 5.82. The minimum atomic E-state index is -0.680. The molecule has 0 saturated heterocycles. The molecule has 0 spiro atoms. The Morgan fingerprint density at radius 1 is 1.28 bits per heavy atom. The number of hydrogen-bond donors (Lipinski definition) is 1. The molecule has 1 amide bonds. The van der Waals surface area contributed by atoms with Gasteiger partial charge in [-0.2, -0.15) is 5.26 Å². The molecular formula is C20H23N3OS. The molecule has 0 aliphatic heterocycles. The van der Waals surface area contributed by atoms with E-state index in [1.165, 1.54) is 11.8 Å². The molecule has 1 heterocycles. The maximum Gasteiger partial charge on any atom is 0.231 e. The van der Waals surface area contributed by atoms with Crippen LogP contribution in [0.25, 0.3) is 10.9 Å². The molecule has 3 rings (SSSR count). The van der Waals surface area contributed by atoms with Crippen LogP contribution in [0.15, 0.2) is 35.4 Å². The molecule has 1 aromatic carbocycles. The predicted octanol–water partition coefficient (Wildman–Crippen LogP) is 4.37. The topological polar surface area (TPSA) is 65.8 Å². The van der Waals surface area contributed by atoms with E-state index in [1.807, 2.05) is 24.3 Å². The fraction of sp³-hybridized carbons (Fsp3) is 0.450. The summed E-state index contributed by atoms with van der Waals surface area (Å²) in [6.45, 7) is 2.06. The quantitative estimate of drug-likeness (QED) is 0.655. The van der Waals surface area contributed by atoms with Crippen molar-refractivity contribution in [3.8, 4) is 6.07 Å². The second kappa shape index (κ2) is 7.88. The number of thioether (sulfide) groups is 1. The first-order valence-electron chi connectivity index (χ1n) is 8.83. The lowest BCUT2D eigenvalue weighted by molar-refractivity contribution is -0.120. The maximum atomic E-state index is 12.4. The molecule has 0 atom stereocenters. The number of nitrogens with one attached hydrogen (secondary N) is 1. The predicted molar refractivity (Wildman–Crippen MR) is 101 cm³/mol. The van der Waals surface area contributed by atoms with Crippen molar-refractivity contribution in [2.75, 3.05) is 5.75 Å². The number of fused-ring (bicyclic) bond motifs is 1. The zero-order valence-electron chi connectivity index (χ0n) is 14.5. The van der Waals surface area contributed by atoms with E-state index in [0.717, 1.165) is 60.0 Å². The number of pyridine rings is 1. The third-order valence-electron chi connectivity index (χ3n) is 4.80. The van der Waals surface area contributed by atoms with Gasteiger partial charge in [0, 0.05) is 5.39 Å². The van der Waals surface area contributed by atoms with Crippen molar-refractivity contribution in [3.05, 3.63) is 35.9 Å². The number of carbonyl (C=O) groups excluding carboxylic acids is 1. The van der Waals surface area contributed by atoms with Crippen LogP contribution in [0, 0.1) is 18.3 Å². The van der Waals surface area contributed by atoms with Crippen LogP contribution in [-0.2, 0) is 4.79 Å². The highest BCUT2D eigenvalue weighted by atomic mass is 32.2. The van der Waals surface area contributed by atoms with Crippen LogP contribution in [0.5, 0.6) is 0 Å². The van der Waals surface area contributed by atoms with Gasteiger partial charge in [-0.1, -0.05) is 55.6 Å². The van der Waals surface area contributed by atoms with Gasteiger partial charge in [0.2, 0.25) is 5.91 Å². The summed E-state index contributed by atoms with van der Waals surface area (Å²) in [7, 11) is 0. The zero-order chi connectivity index (χ0) is 17.7. The Morgan fingerprint density at radius 3 is 2.72 bits per heavy atom. The van der Waals surface area contributed by atoms with Gasteiger partial charge in [0.1, 0.15) is 5.54 Å². The number of hydrogen-bond acceptors (Lipinski definition) is 4. The Labute approximate surface area is 153 Å². The van der Waals surface area contributed by atoms with Crippen molar-refractivity contribution in [1.29, 1.82) is 5.26 Å². The van der Waals surface area contributed by atoms with E-state index in [-0.39, 0.29) is 11.7 Å². The van der Waals surface area contributed by atoms with Crippen LogP contribution in [0.4, 0.5) is 0 Å². The van der Waals surface area contributed by atoms with Gasteiger partial charge in [0.25, 0.3) is 0 Å². The van der Waals surface area contributed by atoms with Crippen LogP contribution in [0.2, 0.25) is 0 Å². The Morgan fingerprint density at radius 2 is 2.00 bits per heavy atom. The molecule has 1 aliphatic rings. The molecule has 1 N–H and O–H groups in total. The van der Waals surface area contributed by atoms with Gasteiger partial charge < -0.3 is 5.32 Å². The van der Waals surface area contributed by atoms with E-state index < -0.39 is 5.54 Å². The number of carbonyl (C=O) groups is 1. The highest BCUT2D eigenvalue weighted by Crippen LogP contribution is 2.27. The van der Waals surface area contributed by atoms with Crippen LogP contribution in [0.3, 0.4) is 0 Å². The third kappa shape index (κ3) is 4.32. The first-order chi connectivity index (χ1) is 12.1. The largest absolute Gasteiger partial charge is 0.337 e. The SMILES string of the molecule is Cc1cc(SCC(=O)NC2(C#N)CCCCCC2)nc2ccccc12. The first-order valence-corrected chi connectivity index (χ1v) is 9.82. The summed E-state index contributed by atoms with van der Waals surface area (Å²) in [5.41, 5.74) is 1.43. The zero-order valence-corrected chi connectivity index (χ0v) is 15.4. The Balaban J connectivity index is 1.65. The second-order valence-electron chi connectivity index (χ2n) is 6.74. The van der Waals surface area contributed by atoms with E-state index in [1.54, 1.807) is 0 Å². The molecular weight excluding hydrogens is 330 g/mol. The highest BCUT2D eigenvalue weighted by molar-refractivity contribution is 7.99. The summed E-state index contributed by atoms with van der Waals surface area (Å²) < 4.78 is 0. The number of aryl methyl sites for hydroxylation is 1. The molecule has 4 nitrogen and oxygen atoms in total. The number of nitrogens with zero attached hydrogens (tertiary/aromatic N) is 2. The number of aromatic nitrogens is 1. The Hall–Kier alpha value is -2.06. The van der Waals surface area contributed by atoms with Crippen LogP contribution in [0.1, 0.15) is 44.1 Å². The monoisotopic (exact) mass is 353 g/mol. The molecule has 2 aromatic rings. The smallest absolute Gasteiger partial charge is 0.231 e. The van der Waals surface area contributed by atoms with E-state index >= 15 is 0 Å². The lowest BCUT2D eigenvalue weighted by atomic mass is 9.92. The minimum absolute atomic E-state index is 0.0824. The van der Waals surface area contributed by atoms with Gasteiger partial charge in [-0.05, 0) is 37.5 Å². The first kappa shape index (κ1) is 17.8. The number of amides is 1. The molecule has 25 heavy (non-hydrogen) atoms. The molecule has 1 aromatic heterocycles. The van der Waals surface area contributed by atoms with Crippen LogP contribution >= 0.6 is 11.8 Å². The van der Waals surface area contributed by atoms with E-state index in [9.17, 15) is 10.1 Å². The van der Waals surface area contributed by atoms with E-state index in [0.29, 0.717) is 0 Å². The molecule has 1 fully saturated rings. The van der Waals surface area contributed by atoms with Gasteiger partial charge in [-0.3, -0.25) is 4.79 Å². The number of nitriles is 1. The summed E-state index contributed by atoms with van der Waals surface area (Å²) in [5.74, 6) is 0.204. The number of para-hydroxylation sites is 1. The molecule has 0 radical (unpaired) electrons. The average Bonchev–Trinajstić information content (AvgIpc) is 2.86. The molecule has 0 bridgehead atoms. The molecule has 1 saturated carbocycles. The summed E-state index contributed by atoms with van der Waals surface area (Å²) in [4.78, 5) is 17.0. The fourth-order valence-electron chi connectivity index (χ4n) is 3.43. The van der Waals surface area contributed by atoms with Gasteiger partial charge >= 0.3 is 0 Å². The van der Waals surface area contributed by atoms with Gasteiger partial charge in [-0.15, -0.1) is 0 Å². The minimum Gasteiger partial charge on any atom is -0.337 e. The standard InChI is InChI=1S/C20H23N3OS/c1-15-12-19(22-17-9-5-4-8-16(15)17)25-13-18(24)23-20(14-21)10-6-2-3-7-11-20/h4-5,8-9,12H,2-3,6-7,10-11,13H2,1H3,(H,23,24).